The molecule has 102 valence electrons. The minimum absolute atomic E-state index is 0.399. The number of aryl methyl sites for hydroxylation is 2. The molecule has 2 rings (SSSR count). The summed E-state index contributed by atoms with van der Waals surface area (Å²) in [5.41, 5.74) is 4.06. The molecule has 0 fully saturated rings. The van der Waals surface area contributed by atoms with E-state index in [1.54, 1.807) is 0 Å². The van der Waals surface area contributed by atoms with E-state index >= 15 is 0 Å². The van der Waals surface area contributed by atoms with E-state index < -0.39 is 0 Å². The number of benzene rings is 1. The smallest absolute Gasteiger partial charge is 0.0972 e. The van der Waals surface area contributed by atoms with E-state index in [4.69, 9.17) is 0 Å². The first kappa shape index (κ1) is 14.2. The van der Waals surface area contributed by atoms with Crippen molar-refractivity contribution in [3.05, 3.63) is 51.0 Å². The molecule has 1 unspecified atom stereocenters. The molecule has 0 bridgehead atoms. The summed E-state index contributed by atoms with van der Waals surface area (Å²) in [6, 6.07) is 7.07. The molecular weight excluding hydrogens is 252 g/mol. The van der Waals surface area contributed by atoms with Crippen molar-refractivity contribution in [2.45, 2.75) is 40.2 Å². The van der Waals surface area contributed by atoms with E-state index in [1.165, 1.54) is 26.6 Å². The predicted molar refractivity (Wildman–Crippen MR) is 82.9 cm³/mol. The molecule has 2 nitrogen and oxygen atoms in total. The molecular formula is C16H22N2S. The van der Waals surface area contributed by atoms with E-state index in [1.807, 2.05) is 17.5 Å². The lowest BCUT2D eigenvalue weighted by Crippen LogP contribution is -2.16. The van der Waals surface area contributed by atoms with Crippen LogP contribution in [0.15, 0.2) is 24.4 Å². The van der Waals surface area contributed by atoms with Crippen molar-refractivity contribution in [2.75, 3.05) is 6.54 Å². The zero-order chi connectivity index (χ0) is 13.8. The van der Waals surface area contributed by atoms with Gasteiger partial charge < -0.3 is 5.32 Å². The van der Waals surface area contributed by atoms with Crippen LogP contribution in [0.3, 0.4) is 0 Å². The second kappa shape index (κ2) is 6.31. The van der Waals surface area contributed by atoms with Crippen LogP contribution >= 0.6 is 11.3 Å². The Morgan fingerprint density at radius 1 is 1.26 bits per heavy atom. The van der Waals surface area contributed by atoms with Gasteiger partial charge in [0.25, 0.3) is 0 Å². The van der Waals surface area contributed by atoms with Crippen LogP contribution in [0.5, 0.6) is 0 Å². The predicted octanol–water partition coefficient (Wildman–Crippen LogP) is 4.02. The lowest BCUT2D eigenvalue weighted by Gasteiger charge is -2.08. The number of nitrogens with zero attached hydrogens (tertiary/aromatic N) is 1. The van der Waals surface area contributed by atoms with Gasteiger partial charge >= 0.3 is 0 Å². The highest BCUT2D eigenvalue weighted by atomic mass is 32.1. The largest absolute Gasteiger partial charge is 0.310 e. The van der Waals surface area contributed by atoms with Crippen molar-refractivity contribution < 1.29 is 0 Å². The number of rotatable bonds is 5. The maximum absolute atomic E-state index is 4.55. The normalized spacial score (nSPS) is 12.6. The third-order valence-corrected chi connectivity index (χ3v) is 4.62. The molecule has 1 aromatic heterocycles. The summed E-state index contributed by atoms with van der Waals surface area (Å²) in [7, 11) is 0. The topological polar surface area (TPSA) is 24.9 Å². The Labute approximate surface area is 119 Å². The van der Waals surface area contributed by atoms with Gasteiger partial charge in [-0.05, 0) is 44.0 Å². The summed E-state index contributed by atoms with van der Waals surface area (Å²) in [6.07, 6.45) is 2.94. The Balaban J connectivity index is 2.09. The van der Waals surface area contributed by atoms with E-state index in [9.17, 15) is 0 Å². The molecule has 0 saturated heterocycles. The average Bonchev–Trinajstić information content (AvgIpc) is 2.83. The van der Waals surface area contributed by atoms with E-state index in [-0.39, 0.29) is 0 Å². The quantitative estimate of drug-likeness (QED) is 0.890. The lowest BCUT2D eigenvalue weighted by molar-refractivity contribution is 0.606. The zero-order valence-electron chi connectivity index (χ0n) is 12.2. The molecule has 0 spiro atoms. The van der Waals surface area contributed by atoms with Crippen molar-refractivity contribution >= 4 is 11.3 Å². The first-order valence-corrected chi connectivity index (χ1v) is 7.66. The minimum Gasteiger partial charge on any atom is -0.310 e. The van der Waals surface area contributed by atoms with Gasteiger partial charge in [0.15, 0.2) is 0 Å². The molecule has 0 saturated carbocycles. The molecule has 1 aromatic carbocycles. The van der Waals surface area contributed by atoms with Crippen LogP contribution < -0.4 is 5.32 Å². The molecule has 1 N–H and O–H groups in total. The maximum Gasteiger partial charge on any atom is 0.0972 e. The Kier molecular flexibility index (Phi) is 4.72. The summed E-state index contributed by atoms with van der Waals surface area (Å²) in [6.45, 7) is 9.63. The summed E-state index contributed by atoms with van der Waals surface area (Å²) >= 11 is 1.81. The van der Waals surface area contributed by atoms with Gasteiger partial charge in [0.2, 0.25) is 0 Å². The summed E-state index contributed by atoms with van der Waals surface area (Å²) in [5, 5.41) is 4.62. The van der Waals surface area contributed by atoms with Crippen molar-refractivity contribution in [2.24, 2.45) is 0 Å². The standard InChI is InChI=1S/C16H22N2S/c1-5-17-13(4)15-10-18-16(19-15)9-14-7-6-11(2)12(3)8-14/h6-8,10,13,17H,5,9H2,1-4H3. The number of nitrogens with one attached hydrogen (secondary N) is 1. The summed E-state index contributed by atoms with van der Waals surface area (Å²) in [5.74, 6) is 0. The number of aromatic nitrogens is 1. The second-order valence-electron chi connectivity index (χ2n) is 5.03. The molecule has 0 radical (unpaired) electrons. The van der Waals surface area contributed by atoms with E-state index in [0.717, 1.165) is 13.0 Å². The average molecular weight is 274 g/mol. The van der Waals surface area contributed by atoms with E-state index in [2.05, 4.69) is 56.2 Å². The van der Waals surface area contributed by atoms with Gasteiger partial charge in [-0.25, -0.2) is 4.98 Å². The fourth-order valence-electron chi connectivity index (χ4n) is 2.10. The molecule has 1 atom stereocenters. The molecule has 0 amide bonds. The molecule has 0 aliphatic heterocycles. The van der Waals surface area contributed by atoms with Crippen LogP contribution in [-0.2, 0) is 6.42 Å². The van der Waals surface area contributed by atoms with Gasteiger partial charge in [0, 0.05) is 23.5 Å². The van der Waals surface area contributed by atoms with Gasteiger partial charge in [-0.1, -0.05) is 25.1 Å². The monoisotopic (exact) mass is 274 g/mol. The van der Waals surface area contributed by atoms with Crippen LogP contribution in [0.4, 0.5) is 0 Å². The van der Waals surface area contributed by atoms with Crippen LogP contribution in [0.25, 0.3) is 0 Å². The Morgan fingerprint density at radius 2 is 2.05 bits per heavy atom. The third kappa shape index (κ3) is 3.64. The fraction of sp³-hybridized carbons (Fsp3) is 0.438. The number of thiazole rings is 1. The first-order valence-electron chi connectivity index (χ1n) is 6.84. The first-order chi connectivity index (χ1) is 9.10. The molecule has 3 heteroatoms. The molecule has 0 aliphatic rings. The lowest BCUT2D eigenvalue weighted by atomic mass is 10.0. The second-order valence-corrected chi connectivity index (χ2v) is 6.18. The third-order valence-electron chi connectivity index (χ3n) is 3.44. The van der Waals surface area contributed by atoms with Gasteiger partial charge in [-0.15, -0.1) is 11.3 Å². The minimum atomic E-state index is 0.399. The van der Waals surface area contributed by atoms with Crippen molar-refractivity contribution in [3.63, 3.8) is 0 Å². The number of hydrogen-bond acceptors (Lipinski definition) is 3. The van der Waals surface area contributed by atoms with Gasteiger partial charge in [0.1, 0.15) is 0 Å². The van der Waals surface area contributed by atoms with Crippen molar-refractivity contribution in [1.82, 2.24) is 10.3 Å². The van der Waals surface area contributed by atoms with Crippen molar-refractivity contribution in [1.29, 1.82) is 0 Å². The highest BCUT2D eigenvalue weighted by Crippen LogP contribution is 2.23. The number of hydrogen-bond donors (Lipinski definition) is 1. The Bertz CT molecular complexity index is 545. The van der Waals surface area contributed by atoms with Gasteiger partial charge in [-0.3, -0.25) is 0 Å². The van der Waals surface area contributed by atoms with Gasteiger partial charge in [0.05, 0.1) is 5.01 Å². The van der Waals surface area contributed by atoms with Gasteiger partial charge in [-0.2, -0.15) is 0 Å². The molecule has 0 aliphatic carbocycles. The summed E-state index contributed by atoms with van der Waals surface area (Å²) < 4.78 is 0. The van der Waals surface area contributed by atoms with Crippen molar-refractivity contribution in [3.8, 4) is 0 Å². The molecule has 2 aromatic rings. The SMILES string of the molecule is CCNC(C)c1cnc(Cc2ccc(C)c(C)c2)s1. The van der Waals surface area contributed by atoms with Crippen LogP contribution in [0, 0.1) is 13.8 Å². The zero-order valence-corrected chi connectivity index (χ0v) is 13.0. The van der Waals surface area contributed by atoms with E-state index in [0.29, 0.717) is 6.04 Å². The fourth-order valence-corrected chi connectivity index (χ4v) is 3.08. The Morgan fingerprint density at radius 3 is 2.74 bits per heavy atom. The molecule has 1 heterocycles. The highest BCUT2D eigenvalue weighted by molar-refractivity contribution is 7.11. The Hall–Kier alpha value is -1.19. The maximum atomic E-state index is 4.55. The molecule has 19 heavy (non-hydrogen) atoms. The van der Waals surface area contributed by atoms with Crippen LogP contribution in [0.1, 0.15) is 46.5 Å². The highest BCUT2D eigenvalue weighted by Gasteiger charge is 2.09. The summed E-state index contributed by atoms with van der Waals surface area (Å²) in [4.78, 5) is 5.87. The van der Waals surface area contributed by atoms with Crippen LogP contribution in [-0.4, -0.2) is 11.5 Å². The van der Waals surface area contributed by atoms with Crippen LogP contribution in [0.2, 0.25) is 0 Å².